The molecule has 3 nitrogen and oxygen atoms in total. The molecule has 4 heteroatoms. The second kappa shape index (κ2) is 5.33. The van der Waals surface area contributed by atoms with Crippen molar-refractivity contribution in [3.63, 3.8) is 0 Å². The lowest BCUT2D eigenvalue weighted by Crippen LogP contribution is -2.40. The molecule has 0 aliphatic heterocycles. The van der Waals surface area contributed by atoms with E-state index in [1.807, 2.05) is 6.07 Å². The Hall–Kier alpha value is -2.36. The molecule has 2 aromatic rings. The Morgan fingerprint density at radius 1 is 1.20 bits per heavy atom. The number of anilines is 1. The summed E-state index contributed by atoms with van der Waals surface area (Å²) in [4.78, 5) is 11.6. The highest BCUT2D eigenvalue weighted by Crippen LogP contribution is 2.27. The molecule has 0 radical (unpaired) electrons. The normalized spacial score (nSPS) is 13.6. The third-order valence-corrected chi connectivity index (χ3v) is 3.35. The summed E-state index contributed by atoms with van der Waals surface area (Å²) in [6.45, 7) is 3.16. The summed E-state index contributed by atoms with van der Waals surface area (Å²) in [7, 11) is 0. The van der Waals surface area contributed by atoms with Gasteiger partial charge in [0, 0.05) is 5.69 Å². The summed E-state index contributed by atoms with van der Waals surface area (Å²) in [5.41, 5.74) is 0.132. The van der Waals surface area contributed by atoms with Gasteiger partial charge in [-0.15, -0.1) is 0 Å². The molecule has 0 aromatic heterocycles. The number of carbonyl (C=O) groups is 1. The summed E-state index contributed by atoms with van der Waals surface area (Å²) in [6.07, 6.45) is 0. The first-order valence-corrected chi connectivity index (χ1v) is 6.27. The Kier molecular flexibility index (Phi) is 3.74. The predicted octanol–water partition coefficient (Wildman–Crippen LogP) is 3.55. The van der Waals surface area contributed by atoms with Gasteiger partial charge in [-0.2, -0.15) is 0 Å². The Morgan fingerprint density at radius 2 is 1.85 bits per heavy atom. The van der Waals surface area contributed by atoms with Crippen LogP contribution < -0.4 is 5.32 Å². The van der Waals surface area contributed by atoms with E-state index in [4.69, 9.17) is 0 Å². The zero-order valence-corrected chi connectivity index (χ0v) is 11.4. The number of hydrogen-bond donors (Lipinski definition) is 2. The van der Waals surface area contributed by atoms with Crippen LogP contribution in [0.5, 0.6) is 0 Å². The Bertz CT molecular complexity index is 628. The zero-order valence-electron chi connectivity index (χ0n) is 11.4. The smallest absolute Gasteiger partial charge is 0.333 e. The fraction of sp³-hybridized carbons (Fsp3) is 0.188. The number of carboxylic acids is 1. The van der Waals surface area contributed by atoms with E-state index in [2.05, 4.69) is 5.32 Å². The monoisotopic (exact) mass is 273 g/mol. The van der Waals surface area contributed by atoms with Crippen molar-refractivity contribution in [2.75, 3.05) is 5.32 Å². The van der Waals surface area contributed by atoms with E-state index in [0.29, 0.717) is 16.8 Å². The number of rotatable bonds is 4. The van der Waals surface area contributed by atoms with Crippen LogP contribution in [0, 0.1) is 12.7 Å². The van der Waals surface area contributed by atoms with E-state index in [0.717, 1.165) is 0 Å². The number of halogens is 1. The van der Waals surface area contributed by atoms with E-state index in [9.17, 15) is 14.3 Å². The molecule has 104 valence electrons. The number of benzene rings is 2. The third kappa shape index (κ3) is 2.64. The number of nitrogens with one attached hydrogen (secondary N) is 1. The lowest BCUT2D eigenvalue weighted by molar-refractivity contribution is -0.142. The van der Waals surface area contributed by atoms with E-state index in [1.165, 1.54) is 13.0 Å². The standard InChI is InChI=1S/C16H16FNO2/c1-11-8-9-12(10-14(11)17)16(2,15(19)20)18-13-6-4-3-5-7-13/h3-10,18H,1-2H3,(H,19,20). The number of aliphatic carboxylic acids is 1. The largest absolute Gasteiger partial charge is 0.479 e. The highest BCUT2D eigenvalue weighted by atomic mass is 19.1. The van der Waals surface area contributed by atoms with Crippen molar-refractivity contribution >= 4 is 11.7 Å². The van der Waals surface area contributed by atoms with Crippen LogP contribution in [0.4, 0.5) is 10.1 Å². The van der Waals surface area contributed by atoms with Crippen molar-refractivity contribution < 1.29 is 14.3 Å². The number of aryl methyl sites for hydroxylation is 1. The van der Waals surface area contributed by atoms with Crippen molar-refractivity contribution in [3.05, 3.63) is 65.5 Å². The minimum atomic E-state index is -1.39. The first-order valence-electron chi connectivity index (χ1n) is 6.27. The van der Waals surface area contributed by atoms with Crippen molar-refractivity contribution in [2.24, 2.45) is 0 Å². The van der Waals surface area contributed by atoms with Crippen LogP contribution >= 0.6 is 0 Å². The Balaban J connectivity index is 2.43. The Labute approximate surface area is 117 Å². The summed E-state index contributed by atoms with van der Waals surface area (Å²) >= 11 is 0. The first kappa shape index (κ1) is 14.1. The lowest BCUT2D eigenvalue weighted by Gasteiger charge is -2.28. The van der Waals surface area contributed by atoms with Crippen LogP contribution in [0.3, 0.4) is 0 Å². The average Bonchev–Trinajstić information content (AvgIpc) is 2.42. The van der Waals surface area contributed by atoms with Crippen LogP contribution in [0.15, 0.2) is 48.5 Å². The summed E-state index contributed by atoms with van der Waals surface area (Å²) in [6, 6.07) is 13.5. The minimum Gasteiger partial charge on any atom is -0.479 e. The zero-order chi connectivity index (χ0) is 14.8. The maximum atomic E-state index is 13.7. The molecule has 20 heavy (non-hydrogen) atoms. The van der Waals surface area contributed by atoms with Gasteiger partial charge in [-0.05, 0) is 43.2 Å². The molecule has 0 amide bonds. The second-order valence-electron chi connectivity index (χ2n) is 4.89. The van der Waals surface area contributed by atoms with Crippen LogP contribution in [0.25, 0.3) is 0 Å². The molecule has 2 rings (SSSR count). The molecule has 0 aliphatic rings. The van der Waals surface area contributed by atoms with Gasteiger partial charge in [0.25, 0.3) is 0 Å². The van der Waals surface area contributed by atoms with E-state index < -0.39 is 17.3 Å². The van der Waals surface area contributed by atoms with E-state index in [-0.39, 0.29) is 0 Å². The quantitative estimate of drug-likeness (QED) is 0.895. The molecule has 0 saturated heterocycles. The molecule has 0 spiro atoms. The minimum absolute atomic E-state index is 0.372. The molecule has 0 bridgehead atoms. The molecule has 2 N–H and O–H groups in total. The molecule has 0 aliphatic carbocycles. The molecule has 0 heterocycles. The third-order valence-electron chi connectivity index (χ3n) is 3.35. The average molecular weight is 273 g/mol. The van der Waals surface area contributed by atoms with Crippen molar-refractivity contribution in [3.8, 4) is 0 Å². The molecular weight excluding hydrogens is 257 g/mol. The van der Waals surface area contributed by atoms with Crippen LogP contribution in [0.2, 0.25) is 0 Å². The highest BCUT2D eigenvalue weighted by molar-refractivity contribution is 5.84. The molecule has 0 saturated carbocycles. The molecule has 2 aromatic carbocycles. The van der Waals surface area contributed by atoms with Gasteiger partial charge >= 0.3 is 5.97 Å². The lowest BCUT2D eigenvalue weighted by atomic mass is 9.91. The SMILES string of the molecule is Cc1ccc(C(C)(Nc2ccccc2)C(=O)O)cc1F. The van der Waals surface area contributed by atoms with Gasteiger partial charge in [-0.1, -0.05) is 30.3 Å². The van der Waals surface area contributed by atoms with E-state index in [1.54, 1.807) is 43.3 Å². The van der Waals surface area contributed by atoms with Crippen molar-refractivity contribution in [1.82, 2.24) is 0 Å². The van der Waals surface area contributed by atoms with Gasteiger partial charge in [0.05, 0.1) is 0 Å². The van der Waals surface area contributed by atoms with Gasteiger partial charge < -0.3 is 10.4 Å². The molecular formula is C16H16FNO2. The number of para-hydroxylation sites is 1. The van der Waals surface area contributed by atoms with Gasteiger partial charge in [-0.25, -0.2) is 9.18 Å². The van der Waals surface area contributed by atoms with Crippen LogP contribution in [-0.2, 0) is 10.3 Å². The summed E-state index contributed by atoms with van der Waals surface area (Å²) < 4.78 is 13.7. The van der Waals surface area contributed by atoms with Crippen LogP contribution in [0.1, 0.15) is 18.1 Å². The number of hydrogen-bond acceptors (Lipinski definition) is 2. The predicted molar refractivity (Wildman–Crippen MR) is 76.2 cm³/mol. The van der Waals surface area contributed by atoms with Gasteiger partial charge in [0.2, 0.25) is 0 Å². The van der Waals surface area contributed by atoms with Crippen LogP contribution in [-0.4, -0.2) is 11.1 Å². The topological polar surface area (TPSA) is 49.3 Å². The van der Waals surface area contributed by atoms with Gasteiger partial charge in [-0.3, -0.25) is 0 Å². The second-order valence-corrected chi connectivity index (χ2v) is 4.89. The first-order chi connectivity index (χ1) is 9.43. The van der Waals surface area contributed by atoms with Crippen molar-refractivity contribution in [2.45, 2.75) is 19.4 Å². The van der Waals surface area contributed by atoms with E-state index >= 15 is 0 Å². The molecule has 1 unspecified atom stereocenters. The van der Waals surface area contributed by atoms with Gasteiger partial charge in [0.1, 0.15) is 5.82 Å². The maximum Gasteiger partial charge on any atom is 0.333 e. The fourth-order valence-corrected chi connectivity index (χ4v) is 1.96. The summed E-state index contributed by atoms with van der Waals surface area (Å²) in [5, 5.41) is 12.5. The molecule has 0 fully saturated rings. The maximum absolute atomic E-state index is 13.7. The van der Waals surface area contributed by atoms with Gasteiger partial charge in [0.15, 0.2) is 5.54 Å². The fourth-order valence-electron chi connectivity index (χ4n) is 1.96. The summed E-state index contributed by atoms with van der Waals surface area (Å²) in [5.74, 6) is -1.48. The van der Waals surface area contributed by atoms with Crippen molar-refractivity contribution in [1.29, 1.82) is 0 Å². The highest BCUT2D eigenvalue weighted by Gasteiger charge is 2.35. The Morgan fingerprint density at radius 3 is 2.40 bits per heavy atom. The number of carboxylic acid groups (broad SMARTS) is 1. The molecule has 1 atom stereocenters.